The molecule has 0 aliphatic carbocycles. The molecule has 2 amide bonds. The van der Waals surface area contributed by atoms with Crippen LogP contribution in [0, 0.1) is 6.92 Å². The third-order valence-electron chi connectivity index (χ3n) is 5.81. The lowest BCUT2D eigenvalue weighted by molar-refractivity contribution is -0.136. The number of anilines is 1. The SMILES string of the molecule is COC(=O)C1=C(CN2CCN(c3cccc(C)c3)CC2)NC(=O)N[C@H]1c1ccccc1. The molecular weight excluding hydrogens is 392 g/mol. The predicted octanol–water partition coefficient (Wildman–Crippen LogP) is 2.60. The Labute approximate surface area is 182 Å². The number of ether oxygens (including phenoxy) is 1. The van der Waals surface area contributed by atoms with E-state index >= 15 is 0 Å². The van der Waals surface area contributed by atoms with Gasteiger partial charge in [0.05, 0.1) is 18.7 Å². The summed E-state index contributed by atoms with van der Waals surface area (Å²) in [5.74, 6) is -0.435. The normalized spacial score (nSPS) is 19.6. The maximum atomic E-state index is 12.7. The zero-order chi connectivity index (χ0) is 21.8. The topological polar surface area (TPSA) is 73.9 Å². The predicted molar refractivity (Wildman–Crippen MR) is 120 cm³/mol. The minimum Gasteiger partial charge on any atom is -0.466 e. The molecule has 0 aromatic heterocycles. The molecule has 7 nitrogen and oxygen atoms in total. The van der Waals surface area contributed by atoms with E-state index in [1.54, 1.807) is 0 Å². The number of aryl methyl sites for hydroxylation is 1. The van der Waals surface area contributed by atoms with E-state index in [4.69, 9.17) is 4.74 Å². The van der Waals surface area contributed by atoms with E-state index in [1.807, 2.05) is 30.3 Å². The van der Waals surface area contributed by atoms with Crippen LogP contribution in [0.3, 0.4) is 0 Å². The molecule has 2 aromatic rings. The standard InChI is InChI=1S/C24H28N4O3/c1-17-7-6-10-19(15-17)28-13-11-27(12-14-28)16-20-21(23(29)31-2)22(26-24(30)25-20)18-8-4-3-5-9-18/h3-10,15,22H,11-14,16H2,1-2H3,(H2,25,26,30)/t22-/m0/s1. The quantitative estimate of drug-likeness (QED) is 0.728. The first kappa shape index (κ1) is 20.9. The van der Waals surface area contributed by atoms with Crippen LogP contribution in [0.25, 0.3) is 0 Å². The third kappa shape index (κ3) is 4.72. The molecule has 2 N–H and O–H groups in total. The summed E-state index contributed by atoms with van der Waals surface area (Å²) in [6.07, 6.45) is 0. The van der Waals surface area contributed by atoms with Crippen LogP contribution in [-0.2, 0) is 9.53 Å². The van der Waals surface area contributed by atoms with Crippen molar-refractivity contribution in [1.29, 1.82) is 0 Å². The van der Waals surface area contributed by atoms with Gasteiger partial charge in [0.15, 0.2) is 0 Å². The monoisotopic (exact) mass is 420 g/mol. The second kappa shape index (κ2) is 9.22. The van der Waals surface area contributed by atoms with Gasteiger partial charge in [-0.25, -0.2) is 9.59 Å². The Kier molecular flexibility index (Phi) is 6.23. The highest BCUT2D eigenvalue weighted by Gasteiger charge is 2.34. The summed E-state index contributed by atoms with van der Waals surface area (Å²) < 4.78 is 5.07. The van der Waals surface area contributed by atoms with Gasteiger partial charge in [-0.3, -0.25) is 4.90 Å². The molecule has 2 aliphatic rings. The second-order valence-corrected chi connectivity index (χ2v) is 7.93. The van der Waals surface area contributed by atoms with E-state index in [1.165, 1.54) is 18.4 Å². The van der Waals surface area contributed by atoms with Gasteiger partial charge >= 0.3 is 12.0 Å². The summed E-state index contributed by atoms with van der Waals surface area (Å²) in [5.41, 5.74) is 4.38. The van der Waals surface area contributed by atoms with Crippen molar-refractivity contribution in [1.82, 2.24) is 15.5 Å². The fraction of sp³-hybridized carbons (Fsp3) is 0.333. The van der Waals surface area contributed by atoms with Crippen LogP contribution >= 0.6 is 0 Å². The van der Waals surface area contributed by atoms with E-state index in [9.17, 15) is 9.59 Å². The highest BCUT2D eigenvalue weighted by molar-refractivity contribution is 5.95. The molecule has 0 spiro atoms. The van der Waals surface area contributed by atoms with E-state index in [0.29, 0.717) is 17.8 Å². The van der Waals surface area contributed by atoms with E-state index in [0.717, 1.165) is 31.7 Å². The first-order valence-electron chi connectivity index (χ1n) is 10.5. The Bertz CT molecular complexity index is 981. The number of nitrogens with zero attached hydrogens (tertiary/aromatic N) is 2. The van der Waals surface area contributed by atoms with Crippen LogP contribution in [-0.4, -0.2) is 56.7 Å². The van der Waals surface area contributed by atoms with Gasteiger partial charge in [-0.1, -0.05) is 42.5 Å². The summed E-state index contributed by atoms with van der Waals surface area (Å²) in [4.78, 5) is 29.7. The van der Waals surface area contributed by atoms with E-state index < -0.39 is 12.0 Å². The van der Waals surface area contributed by atoms with Crippen LogP contribution < -0.4 is 15.5 Å². The number of carbonyl (C=O) groups is 2. The van der Waals surface area contributed by atoms with Crippen LogP contribution in [0.4, 0.5) is 10.5 Å². The highest BCUT2D eigenvalue weighted by Crippen LogP contribution is 2.28. The van der Waals surface area contributed by atoms with Gasteiger partial charge in [0, 0.05) is 44.1 Å². The number of rotatable bonds is 5. The number of amides is 2. The van der Waals surface area contributed by atoms with Gasteiger partial charge in [-0.05, 0) is 30.2 Å². The summed E-state index contributed by atoms with van der Waals surface area (Å²) >= 11 is 0. The number of esters is 1. The molecular formula is C24H28N4O3. The van der Waals surface area contributed by atoms with Crippen molar-refractivity contribution >= 4 is 17.7 Å². The number of urea groups is 1. The molecule has 0 unspecified atom stereocenters. The van der Waals surface area contributed by atoms with Crippen molar-refractivity contribution in [3.05, 3.63) is 77.0 Å². The van der Waals surface area contributed by atoms with Gasteiger partial charge < -0.3 is 20.3 Å². The van der Waals surface area contributed by atoms with Crippen LogP contribution in [0.15, 0.2) is 65.9 Å². The number of methoxy groups -OCH3 is 1. The molecule has 2 aromatic carbocycles. The Morgan fingerprint density at radius 3 is 2.48 bits per heavy atom. The Balaban J connectivity index is 1.53. The Morgan fingerprint density at radius 1 is 1.06 bits per heavy atom. The van der Waals surface area contributed by atoms with Crippen molar-refractivity contribution in [2.45, 2.75) is 13.0 Å². The van der Waals surface area contributed by atoms with Crippen molar-refractivity contribution in [3.8, 4) is 0 Å². The number of benzene rings is 2. The number of hydrogen-bond donors (Lipinski definition) is 2. The molecule has 0 bridgehead atoms. The van der Waals surface area contributed by atoms with Gasteiger partial charge in [0.2, 0.25) is 0 Å². The van der Waals surface area contributed by atoms with Crippen molar-refractivity contribution < 1.29 is 14.3 Å². The number of hydrogen-bond acceptors (Lipinski definition) is 5. The smallest absolute Gasteiger partial charge is 0.338 e. The average Bonchev–Trinajstić information content (AvgIpc) is 2.79. The molecule has 7 heteroatoms. The third-order valence-corrected chi connectivity index (χ3v) is 5.81. The van der Waals surface area contributed by atoms with Crippen LogP contribution in [0.5, 0.6) is 0 Å². The second-order valence-electron chi connectivity index (χ2n) is 7.93. The zero-order valence-corrected chi connectivity index (χ0v) is 17.9. The molecule has 2 heterocycles. The van der Waals surface area contributed by atoms with Crippen molar-refractivity contribution in [3.63, 3.8) is 0 Å². The molecule has 2 aliphatic heterocycles. The largest absolute Gasteiger partial charge is 0.466 e. The van der Waals surface area contributed by atoms with Crippen molar-refractivity contribution in [2.75, 3.05) is 44.7 Å². The van der Waals surface area contributed by atoms with Crippen LogP contribution in [0.1, 0.15) is 17.2 Å². The van der Waals surface area contributed by atoms with Gasteiger partial charge in [0.1, 0.15) is 0 Å². The lowest BCUT2D eigenvalue weighted by Crippen LogP contribution is -2.51. The number of carbonyl (C=O) groups excluding carboxylic acids is 2. The molecule has 1 fully saturated rings. The average molecular weight is 421 g/mol. The maximum absolute atomic E-state index is 12.7. The molecule has 1 atom stereocenters. The molecule has 4 rings (SSSR count). The Morgan fingerprint density at radius 2 is 1.81 bits per heavy atom. The Hall–Kier alpha value is -3.32. The molecule has 0 radical (unpaired) electrons. The molecule has 31 heavy (non-hydrogen) atoms. The van der Waals surface area contributed by atoms with E-state index in [2.05, 4.69) is 51.6 Å². The lowest BCUT2D eigenvalue weighted by atomic mass is 9.95. The summed E-state index contributed by atoms with van der Waals surface area (Å²) in [5, 5.41) is 5.72. The van der Waals surface area contributed by atoms with E-state index in [-0.39, 0.29) is 6.03 Å². The summed E-state index contributed by atoms with van der Waals surface area (Å²) in [7, 11) is 1.37. The first-order chi connectivity index (χ1) is 15.0. The number of piperazine rings is 1. The zero-order valence-electron chi connectivity index (χ0n) is 17.9. The van der Waals surface area contributed by atoms with Gasteiger partial charge in [-0.15, -0.1) is 0 Å². The lowest BCUT2D eigenvalue weighted by Gasteiger charge is -2.38. The van der Waals surface area contributed by atoms with Crippen molar-refractivity contribution in [2.24, 2.45) is 0 Å². The fourth-order valence-electron chi connectivity index (χ4n) is 4.20. The van der Waals surface area contributed by atoms with Crippen LogP contribution in [0.2, 0.25) is 0 Å². The minimum absolute atomic E-state index is 0.310. The fourth-order valence-corrected chi connectivity index (χ4v) is 4.20. The molecule has 1 saturated heterocycles. The summed E-state index contributed by atoms with van der Waals surface area (Å²) in [6.45, 7) is 6.04. The maximum Gasteiger partial charge on any atom is 0.338 e. The highest BCUT2D eigenvalue weighted by atomic mass is 16.5. The molecule has 162 valence electrons. The number of nitrogens with one attached hydrogen (secondary N) is 2. The molecule has 0 saturated carbocycles. The van der Waals surface area contributed by atoms with Gasteiger partial charge in [0.25, 0.3) is 0 Å². The van der Waals surface area contributed by atoms with Gasteiger partial charge in [-0.2, -0.15) is 0 Å². The first-order valence-corrected chi connectivity index (χ1v) is 10.5. The summed E-state index contributed by atoms with van der Waals surface area (Å²) in [6, 6.07) is 17.2. The minimum atomic E-state index is -0.536.